The molecule has 2 heterocycles. The SMILES string of the molecule is O=C(O)CCC1CCN(c2ncnc3c2CCC3)CC1. The molecule has 0 saturated carbocycles. The van der Waals surface area contributed by atoms with Gasteiger partial charge in [0.25, 0.3) is 0 Å². The Morgan fingerprint density at radius 1 is 1.30 bits per heavy atom. The minimum absolute atomic E-state index is 0.299. The van der Waals surface area contributed by atoms with Crippen LogP contribution in [0.2, 0.25) is 0 Å². The number of fused-ring (bicyclic) bond motifs is 1. The lowest BCUT2D eigenvalue weighted by Gasteiger charge is -2.33. The monoisotopic (exact) mass is 275 g/mol. The maximum Gasteiger partial charge on any atom is 0.303 e. The third-order valence-electron chi connectivity index (χ3n) is 4.53. The standard InChI is InChI=1S/C15H21N3O2/c19-14(20)5-4-11-6-8-18(9-7-11)15-12-2-1-3-13(12)16-10-17-15/h10-11H,1-9H2,(H,19,20). The third-order valence-corrected chi connectivity index (χ3v) is 4.53. The molecule has 0 spiro atoms. The van der Waals surface area contributed by atoms with Gasteiger partial charge < -0.3 is 10.0 Å². The highest BCUT2D eigenvalue weighted by Crippen LogP contribution is 2.31. The van der Waals surface area contributed by atoms with Crippen LogP contribution >= 0.6 is 0 Å². The van der Waals surface area contributed by atoms with Crippen molar-refractivity contribution in [2.75, 3.05) is 18.0 Å². The molecule has 0 unspecified atom stereocenters. The van der Waals surface area contributed by atoms with Crippen LogP contribution in [0.25, 0.3) is 0 Å². The summed E-state index contributed by atoms with van der Waals surface area (Å²) >= 11 is 0. The Morgan fingerprint density at radius 2 is 2.10 bits per heavy atom. The van der Waals surface area contributed by atoms with Gasteiger partial charge in [-0.25, -0.2) is 9.97 Å². The van der Waals surface area contributed by atoms with E-state index >= 15 is 0 Å². The van der Waals surface area contributed by atoms with Gasteiger partial charge in [-0.3, -0.25) is 4.79 Å². The summed E-state index contributed by atoms with van der Waals surface area (Å²) < 4.78 is 0. The molecule has 1 saturated heterocycles. The molecule has 1 aromatic rings. The number of carbonyl (C=O) groups is 1. The molecular formula is C15H21N3O2. The van der Waals surface area contributed by atoms with Crippen LogP contribution in [0.1, 0.15) is 43.4 Å². The quantitative estimate of drug-likeness (QED) is 0.911. The van der Waals surface area contributed by atoms with Crippen molar-refractivity contribution in [2.45, 2.75) is 44.9 Å². The molecule has 1 aliphatic carbocycles. The third kappa shape index (κ3) is 2.76. The number of nitrogens with zero attached hydrogens (tertiary/aromatic N) is 3. The van der Waals surface area contributed by atoms with Crippen molar-refractivity contribution in [3.63, 3.8) is 0 Å². The molecule has 2 aliphatic rings. The number of carboxylic acids is 1. The molecule has 1 N–H and O–H groups in total. The molecule has 1 fully saturated rings. The van der Waals surface area contributed by atoms with E-state index in [1.54, 1.807) is 6.33 Å². The number of piperidine rings is 1. The van der Waals surface area contributed by atoms with Crippen LogP contribution in [0.5, 0.6) is 0 Å². The summed E-state index contributed by atoms with van der Waals surface area (Å²) in [4.78, 5) is 21.9. The highest BCUT2D eigenvalue weighted by atomic mass is 16.4. The first-order valence-electron chi connectivity index (χ1n) is 7.53. The fourth-order valence-corrected chi connectivity index (χ4v) is 3.38. The summed E-state index contributed by atoms with van der Waals surface area (Å²) in [7, 11) is 0. The van der Waals surface area contributed by atoms with Crippen LogP contribution in [0.15, 0.2) is 6.33 Å². The first-order valence-corrected chi connectivity index (χ1v) is 7.53. The van der Waals surface area contributed by atoms with Gasteiger partial charge in [-0.2, -0.15) is 0 Å². The van der Waals surface area contributed by atoms with E-state index < -0.39 is 5.97 Å². The minimum Gasteiger partial charge on any atom is -0.481 e. The number of hydrogen-bond donors (Lipinski definition) is 1. The molecule has 1 aliphatic heterocycles. The van der Waals surface area contributed by atoms with Crippen molar-refractivity contribution in [1.82, 2.24) is 9.97 Å². The Morgan fingerprint density at radius 3 is 2.85 bits per heavy atom. The van der Waals surface area contributed by atoms with Gasteiger partial charge in [0.05, 0.1) is 0 Å². The maximum absolute atomic E-state index is 10.6. The van der Waals surface area contributed by atoms with Crippen molar-refractivity contribution in [2.24, 2.45) is 5.92 Å². The molecule has 0 bridgehead atoms. The summed E-state index contributed by atoms with van der Waals surface area (Å²) in [5, 5.41) is 8.75. The van der Waals surface area contributed by atoms with Crippen molar-refractivity contribution < 1.29 is 9.90 Å². The lowest BCUT2D eigenvalue weighted by Crippen LogP contribution is -2.35. The second-order valence-corrected chi connectivity index (χ2v) is 5.84. The summed E-state index contributed by atoms with van der Waals surface area (Å²) in [6, 6.07) is 0. The molecule has 3 rings (SSSR count). The average molecular weight is 275 g/mol. The van der Waals surface area contributed by atoms with Crippen molar-refractivity contribution >= 4 is 11.8 Å². The van der Waals surface area contributed by atoms with Gasteiger partial charge in [0.1, 0.15) is 12.1 Å². The molecule has 0 atom stereocenters. The molecule has 1 aromatic heterocycles. The summed E-state index contributed by atoms with van der Waals surface area (Å²) in [5.74, 6) is 1.00. The van der Waals surface area contributed by atoms with E-state index in [4.69, 9.17) is 5.11 Å². The summed E-state index contributed by atoms with van der Waals surface area (Å²) in [6.45, 7) is 1.99. The van der Waals surface area contributed by atoms with E-state index in [0.717, 1.165) is 51.0 Å². The van der Waals surface area contributed by atoms with E-state index in [1.165, 1.54) is 17.7 Å². The number of aliphatic carboxylic acids is 1. The van der Waals surface area contributed by atoms with Crippen molar-refractivity contribution in [1.29, 1.82) is 0 Å². The molecule has 108 valence electrons. The van der Waals surface area contributed by atoms with Gasteiger partial charge in [0, 0.05) is 30.8 Å². The van der Waals surface area contributed by atoms with E-state index in [1.807, 2.05) is 0 Å². The van der Waals surface area contributed by atoms with Crippen LogP contribution < -0.4 is 4.90 Å². The first kappa shape index (κ1) is 13.3. The van der Waals surface area contributed by atoms with Gasteiger partial charge in [0.2, 0.25) is 0 Å². The molecule has 5 nitrogen and oxygen atoms in total. The first-order chi connectivity index (χ1) is 9.74. The molecule has 0 aromatic carbocycles. The smallest absolute Gasteiger partial charge is 0.303 e. The van der Waals surface area contributed by atoms with E-state index in [9.17, 15) is 4.79 Å². The number of rotatable bonds is 4. The summed E-state index contributed by atoms with van der Waals surface area (Å²) in [6.07, 6.45) is 8.33. The van der Waals surface area contributed by atoms with Crippen LogP contribution in [0.3, 0.4) is 0 Å². The highest BCUT2D eigenvalue weighted by molar-refractivity contribution is 5.66. The Hall–Kier alpha value is -1.65. The second kappa shape index (κ2) is 5.77. The number of hydrogen-bond acceptors (Lipinski definition) is 4. The van der Waals surface area contributed by atoms with Gasteiger partial charge in [-0.05, 0) is 44.4 Å². The second-order valence-electron chi connectivity index (χ2n) is 5.84. The molecule has 20 heavy (non-hydrogen) atoms. The Labute approximate surface area is 119 Å². The molecule has 0 radical (unpaired) electrons. The summed E-state index contributed by atoms with van der Waals surface area (Å²) in [5.41, 5.74) is 2.57. The zero-order valence-electron chi connectivity index (χ0n) is 11.7. The van der Waals surface area contributed by atoms with Gasteiger partial charge in [-0.15, -0.1) is 0 Å². The van der Waals surface area contributed by atoms with E-state index in [-0.39, 0.29) is 0 Å². The van der Waals surface area contributed by atoms with Crippen LogP contribution in [0, 0.1) is 5.92 Å². The Kier molecular flexibility index (Phi) is 3.85. The lowest BCUT2D eigenvalue weighted by atomic mass is 9.92. The minimum atomic E-state index is -0.680. The van der Waals surface area contributed by atoms with Crippen molar-refractivity contribution in [3.8, 4) is 0 Å². The Balaban J connectivity index is 1.61. The topological polar surface area (TPSA) is 66.3 Å². The maximum atomic E-state index is 10.6. The van der Waals surface area contributed by atoms with Gasteiger partial charge in [-0.1, -0.05) is 0 Å². The largest absolute Gasteiger partial charge is 0.481 e. The van der Waals surface area contributed by atoms with Crippen LogP contribution in [-0.4, -0.2) is 34.1 Å². The number of carboxylic acid groups (broad SMARTS) is 1. The fraction of sp³-hybridized carbons (Fsp3) is 0.667. The highest BCUT2D eigenvalue weighted by Gasteiger charge is 2.25. The zero-order valence-corrected chi connectivity index (χ0v) is 11.7. The van der Waals surface area contributed by atoms with Gasteiger partial charge >= 0.3 is 5.97 Å². The zero-order chi connectivity index (χ0) is 13.9. The van der Waals surface area contributed by atoms with Gasteiger partial charge in [0.15, 0.2) is 0 Å². The molecular weight excluding hydrogens is 254 g/mol. The van der Waals surface area contributed by atoms with Crippen molar-refractivity contribution in [3.05, 3.63) is 17.6 Å². The number of anilines is 1. The van der Waals surface area contributed by atoms with E-state index in [0.29, 0.717) is 12.3 Å². The normalized spacial score (nSPS) is 19.1. The lowest BCUT2D eigenvalue weighted by molar-refractivity contribution is -0.137. The van der Waals surface area contributed by atoms with Crippen LogP contribution in [-0.2, 0) is 17.6 Å². The number of aryl methyl sites for hydroxylation is 1. The molecule has 0 amide bonds. The van der Waals surface area contributed by atoms with E-state index in [2.05, 4.69) is 14.9 Å². The van der Waals surface area contributed by atoms with Crippen LogP contribution in [0.4, 0.5) is 5.82 Å². The fourth-order valence-electron chi connectivity index (χ4n) is 3.38. The number of aromatic nitrogens is 2. The predicted octanol–water partition coefficient (Wildman–Crippen LogP) is 2.05. The molecule has 5 heteroatoms. The Bertz CT molecular complexity index is 496. The predicted molar refractivity (Wildman–Crippen MR) is 75.9 cm³/mol. The average Bonchev–Trinajstić information content (AvgIpc) is 2.94.